The molecule has 0 aliphatic carbocycles. The predicted molar refractivity (Wildman–Crippen MR) is 80.0 cm³/mol. The fraction of sp³-hybridized carbons (Fsp3) is 0.267. The molecule has 0 saturated heterocycles. The van der Waals surface area contributed by atoms with Crippen molar-refractivity contribution in [1.29, 1.82) is 0 Å². The standard InChI is InChI=1S/C15H18FN3O2/c1-3-6-19-9-10(17)7-14(19)15(20)18-13-8-11(21-2)4-5-12(13)16/h4-5,7-9H,3,6,17H2,1-2H3,(H,18,20). The second kappa shape index (κ2) is 6.30. The van der Waals surface area contributed by atoms with Crippen LogP contribution >= 0.6 is 0 Å². The molecule has 0 aliphatic heterocycles. The number of ether oxygens (including phenoxy) is 1. The highest BCUT2D eigenvalue weighted by Gasteiger charge is 2.15. The Morgan fingerprint density at radius 3 is 2.86 bits per heavy atom. The molecule has 0 unspecified atom stereocenters. The molecule has 2 rings (SSSR count). The maximum Gasteiger partial charge on any atom is 0.272 e. The highest BCUT2D eigenvalue weighted by molar-refractivity contribution is 6.04. The number of benzene rings is 1. The van der Waals surface area contributed by atoms with Crippen molar-refractivity contribution < 1.29 is 13.9 Å². The summed E-state index contributed by atoms with van der Waals surface area (Å²) in [6.07, 6.45) is 2.56. The van der Waals surface area contributed by atoms with Crippen LogP contribution in [0.4, 0.5) is 15.8 Å². The summed E-state index contributed by atoms with van der Waals surface area (Å²) < 4.78 is 20.5. The average molecular weight is 291 g/mol. The number of aryl methyl sites for hydroxylation is 1. The zero-order valence-electron chi connectivity index (χ0n) is 12.0. The number of carbonyl (C=O) groups is 1. The van der Waals surface area contributed by atoms with Crippen molar-refractivity contribution >= 4 is 17.3 Å². The molecule has 0 saturated carbocycles. The van der Waals surface area contributed by atoms with E-state index in [2.05, 4.69) is 5.32 Å². The lowest BCUT2D eigenvalue weighted by atomic mass is 10.2. The Bertz CT molecular complexity index is 652. The van der Waals surface area contributed by atoms with Gasteiger partial charge in [0.2, 0.25) is 0 Å². The van der Waals surface area contributed by atoms with Crippen molar-refractivity contribution in [2.75, 3.05) is 18.2 Å². The van der Waals surface area contributed by atoms with Crippen molar-refractivity contribution in [2.45, 2.75) is 19.9 Å². The number of nitrogen functional groups attached to an aromatic ring is 1. The van der Waals surface area contributed by atoms with E-state index in [1.807, 2.05) is 6.92 Å². The van der Waals surface area contributed by atoms with Gasteiger partial charge in [0, 0.05) is 18.8 Å². The van der Waals surface area contributed by atoms with Crippen molar-refractivity contribution in [1.82, 2.24) is 4.57 Å². The summed E-state index contributed by atoms with van der Waals surface area (Å²) in [5, 5.41) is 2.54. The summed E-state index contributed by atoms with van der Waals surface area (Å²) in [5.74, 6) is -0.465. The molecule has 1 aromatic heterocycles. The van der Waals surface area contributed by atoms with E-state index in [1.54, 1.807) is 16.8 Å². The molecule has 5 nitrogen and oxygen atoms in total. The maximum atomic E-state index is 13.7. The first-order valence-electron chi connectivity index (χ1n) is 6.65. The van der Waals surface area contributed by atoms with Crippen LogP contribution in [0.2, 0.25) is 0 Å². The Morgan fingerprint density at radius 1 is 1.43 bits per heavy atom. The summed E-state index contributed by atoms with van der Waals surface area (Å²) in [4.78, 5) is 12.3. The van der Waals surface area contributed by atoms with E-state index in [0.717, 1.165) is 6.42 Å². The highest BCUT2D eigenvalue weighted by Crippen LogP contribution is 2.22. The molecule has 3 N–H and O–H groups in total. The summed E-state index contributed by atoms with van der Waals surface area (Å²) in [5.41, 5.74) is 6.69. The first-order chi connectivity index (χ1) is 10.0. The second-order valence-corrected chi connectivity index (χ2v) is 4.65. The van der Waals surface area contributed by atoms with Gasteiger partial charge in [-0.2, -0.15) is 0 Å². The van der Waals surface area contributed by atoms with E-state index in [0.29, 0.717) is 23.7 Å². The number of hydrogen-bond acceptors (Lipinski definition) is 3. The van der Waals surface area contributed by atoms with Gasteiger partial charge in [0.1, 0.15) is 17.3 Å². The Labute approximate surface area is 122 Å². The minimum atomic E-state index is -0.522. The molecule has 1 amide bonds. The Hall–Kier alpha value is -2.50. The van der Waals surface area contributed by atoms with Crippen molar-refractivity contribution in [3.63, 3.8) is 0 Å². The molecular weight excluding hydrogens is 273 g/mol. The zero-order chi connectivity index (χ0) is 15.4. The van der Waals surface area contributed by atoms with E-state index >= 15 is 0 Å². The van der Waals surface area contributed by atoms with Crippen molar-refractivity contribution in [2.24, 2.45) is 0 Å². The topological polar surface area (TPSA) is 69.3 Å². The fourth-order valence-electron chi connectivity index (χ4n) is 2.06. The molecule has 21 heavy (non-hydrogen) atoms. The number of halogens is 1. The lowest BCUT2D eigenvalue weighted by Crippen LogP contribution is -2.17. The molecule has 6 heteroatoms. The number of methoxy groups -OCH3 is 1. The van der Waals surface area contributed by atoms with E-state index < -0.39 is 11.7 Å². The molecule has 112 valence electrons. The SMILES string of the molecule is CCCn1cc(N)cc1C(=O)Nc1cc(OC)ccc1F. The first-order valence-corrected chi connectivity index (χ1v) is 6.65. The molecule has 0 bridgehead atoms. The Kier molecular flexibility index (Phi) is 4.47. The quantitative estimate of drug-likeness (QED) is 0.890. The Balaban J connectivity index is 2.25. The summed E-state index contributed by atoms with van der Waals surface area (Å²) >= 11 is 0. The van der Waals surface area contributed by atoms with Crippen LogP contribution in [0.5, 0.6) is 5.75 Å². The van der Waals surface area contributed by atoms with Crippen LogP contribution in [0.1, 0.15) is 23.8 Å². The Morgan fingerprint density at radius 2 is 2.19 bits per heavy atom. The fourth-order valence-corrected chi connectivity index (χ4v) is 2.06. The van der Waals surface area contributed by atoms with Gasteiger partial charge >= 0.3 is 0 Å². The summed E-state index contributed by atoms with van der Waals surface area (Å²) in [6.45, 7) is 2.67. The van der Waals surface area contributed by atoms with E-state index in [-0.39, 0.29) is 5.69 Å². The molecule has 2 aromatic rings. The molecule has 1 heterocycles. The molecule has 0 aliphatic rings. The zero-order valence-corrected chi connectivity index (χ0v) is 12.0. The third kappa shape index (κ3) is 3.34. The summed E-state index contributed by atoms with van der Waals surface area (Å²) in [7, 11) is 1.48. The largest absolute Gasteiger partial charge is 0.497 e. The number of carbonyl (C=O) groups excluding carboxylic acids is 1. The molecule has 0 spiro atoms. The van der Waals surface area contributed by atoms with Crippen LogP contribution in [0.15, 0.2) is 30.5 Å². The summed E-state index contributed by atoms with van der Waals surface area (Å²) in [6, 6.07) is 5.74. The van der Waals surface area contributed by atoms with Crippen LogP contribution in [0.3, 0.4) is 0 Å². The number of rotatable bonds is 5. The van der Waals surface area contributed by atoms with Gasteiger partial charge in [0.05, 0.1) is 18.5 Å². The van der Waals surface area contributed by atoms with Crippen LogP contribution in [0.25, 0.3) is 0 Å². The van der Waals surface area contributed by atoms with Crippen LogP contribution < -0.4 is 15.8 Å². The van der Waals surface area contributed by atoms with Crippen LogP contribution in [0, 0.1) is 5.82 Å². The first kappa shape index (κ1) is 14.9. The normalized spacial score (nSPS) is 10.4. The lowest BCUT2D eigenvalue weighted by Gasteiger charge is -2.10. The monoisotopic (exact) mass is 291 g/mol. The van der Waals surface area contributed by atoms with Gasteiger partial charge in [0.15, 0.2) is 0 Å². The number of nitrogens with one attached hydrogen (secondary N) is 1. The molecule has 1 aromatic carbocycles. The van der Waals surface area contributed by atoms with Gasteiger partial charge in [-0.25, -0.2) is 4.39 Å². The van der Waals surface area contributed by atoms with Gasteiger partial charge in [-0.15, -0.1) is 0 Å². The molecule has 0 radical (unpaired) electrons. The van der Waals surface area contributed by atoms with E-state index in [9.17, 15) is 9.18 Å². The minimum Gasteiger partial charge on any atom is -0.497 e. The van der Waals surface area contributed by atoms with Gasteiger partial charge in [0.25, 0.3) is 5.91 Å². The third-order valence-corrected chi connectivity index (χ3v) is 3.04. The van der Waals surface area contributed by atoms with Crippen LogP contribution in [-0.4, -0.2) is 17.6 Å². The van der Waals surface area contributed by atoms with Gasteiger partial charge in [-0.3, -0.25) is 4.79 Å². The number of aromatic nitrogens is 1. The van der Waals surface area contributed by atoms with Gasteiger partial charge in [-0.05, 0) is 24.6 Å². The van der Waals surface area contributed by atoms with Crippen molar-refractivity contribution in [3.8, 4) is 5.75 Å². The van der Waals surface area contributed by atoms with Gasteiger partial charge < -0.3 is 20.4 Å². The number of nitrogens with zero attached hydrogens (tertiary/aromatic N) is 1. The maximum absolute atomic E-state index is 13.7. The number of nitrogens with two attached hydrogens (primary N) is 1. The average Bonchev–Trinajstić information content (AvgIpc) is 2.82. The second-order valence-electron chi connectivity index (χ2n) is 4.65. The highest BCUT2D eigenvalue weighted by atomic mass is 19.1. The predicted octanol–water partition coefficient (Wildman–Crippen LogP) is 2.88. The third-order valence-electron chi connectivity index (χ3n) is 3.04. The molecule has 0 atom stereocenters. The minimum absolute atomic E-state index is 0.0715. The van der Waals surface area contributed by atoms with E-state index in [4.69, 9.17) is 10.5 Å². The van der Waals surface area contributed by atoms with E-state index in [1.165, 1.54) is 25.3 Å². The molecule has 0 fully saturated rings. The van der Waals surface area contributed by atoms with Crippen LogP contribution in [-0.2, 0) is 6.54 Å². The number of amides is 1. The van der Waals surface area contributed by atoms with Crippen molar-refractivity contribution in [3.05, 3.63) is 42.0 Å². The molecular formula is C15H18FN3O2. The smallest absolute Gasteiger partial charge is 0.272 e. The lowest BCUT2D eigenvalue weighted by molar-refractivity contribution is 0.101. The van der Waals surface area contributed by atoms with Gasteiger partial charge in [-0.1, -0.05) is 6.92 Å². The number of hydrogen-bond donors (Lipinski definition) is 2. The number of anilines is 2.